The Balaban J connectivity index is 1.50. The topological polar surface area (TPSA) is 81.0 Å². The van der Waals surface area contributed by atoms with Gasteiger partial charge >= 0.3 is 6.03 Å². The summed E-state index contributed by atoms with van der Waals surface area (Å²) in [6.07, 6.45) is 1.66. The number of benzene rings is 3. The monoisotopic (exact) mass is 533 g/mol. The molecule has 0 aromatic heterocycles. The van der Waals surface area contributed by atoms with Gasteiger partial charge in [0.05, 0.1) is 22.4 Å². The molecule has 0 aliphatic carbocycles. The Morgan fingerprint density at radius 2 is 1.89 bits per heavy atom. The van der Waals surface area contributed by atoms with E-state index in [1.807, 2.05) is 49.4 Å². The number of oxime groups is 1. The van der Waals surface area contributed by atoms with E-state index in [1.165, 1.54) is 18.2 Å². The van der Waals surface area contributed by atoms with Crippen LogP contribution < -0.4 is 10.2 Å². The van der Waals surface area contributed by atoms with Crippen LogP contribution in [0.4, 0.5) is 20.6 Å². The summed E-state index contributed by atoms with van der Waals surface area (Å²) in [5.41, 5.74) is 4.63. The zero-order valence-electron chi connectivity index (χ0n) is 21.2. The Kier molecular flexibility index (Phi) is 9.30. The van der Waals surface area contributed by atoms with Crippen molar-refractivity contribution in [2.24, 2.45) is 5.16 Å². The average molecular weight is 534 g/mol. The minimum atomic E-state index is -0.546. The van der Waals surface area contributed by atoms with Gasteiger partial charge in [-0.05, 0) is 60.5 Å². The summed E-state index contributed by atoms with van der Waals surface area (Å²) in [7, 11) is 0. The first-order valence-corrected chi connectivity index (χ1v) is 12.9. The van der Waals surface area contributed by atoms with Crippen molar-refractivity contribution >= 4 is 34.7 Å². The molecule has 1 saturated heterocycles. The van der Waals surface area contributed by atoms with Crippen LogP contribution in [0.5, 0.6) is 0 Å². The lowest BCUT2D eigenvalue weighted by atomic mass is 10.0. The van der Waals surface area contributed by atoms with E-state index >= 15 is 0 Å². The van der Waals surface area contributed by atoms with Crippen molar-refractivity contribution in [3.8, 4) is 17.2 Å². The number of carbonyl (C=O) groups excluding carboxylic acids is 1. The maximum atomic E-state index is 13.6. The molecular weight excluding hydrogens is 505 g/mol. The van der Waals surface area contributed by atoms with Crippen LogP contribution >= 0.6 is 11.6 Å². The maximum Gasteiger partial charge on any atom is 0.326 e. The Morgan fingerprint density at radius 1 is 1.13 bits per heavy atom. The fraction of sp³-hybridized carbons (Fsp3) is 0.276. The number of amides is 2. The highest BCUT2D eigenvalue weighted by Gasteiger charge is 2.21. The number of nitrogens with one attached hydrogen (secondary N) is 1. The van der Waals surface area contributed by atoms with Crippen molar-refractivity contribution in [1.29, 1.82) is 5.26 Å². The molecule has 38 heavy (non-hydrogen) atoms. The summed E-state index contributed by atoms with van der Waals surface area (Å²) in [4.78, 5) is 22.5. The summed E-state index contributed by atoms with van der Waals surface area (Å²) in [6.45, 7) is 5.26. The number of piperidine rings is 1. The predicted molar refractivity (Wildman–Crippen MR) is 149 cm³/mol. The quantitative estimate of drug-likeness (QED) is 0.333. The van der Waals surface area contributed by atoms with E-state index in [1.54, 1.807) is 11.0 Å². The van der Waals surface area contributed by atoms with E-state index in [9.17, 15) is 14.4 Å². The lowest BCUT2D eigenvalue weighted by Crippen LogP contribution is -2.43. The molecule has 3 aromatic rings. The van der Waals surface area contributed by atoms with Gasteiger partial charge in [0.15, 0.2) is 0 Å². The number of hydrogen-bond donors (Lipinski definition) is 1. The molecule has 0 bridgehead atoms. The smallest absolute Gasteiger partial charge is 0.326 e. The molecule has 1 aliphatic heterocycles. The maximum absolute atomic E-state index is 13.6. The third-order valence-corrected chi connectivity index (χ3v) is 6.61. The molecule has 0 unspecified atom stereocenters. The van der Waals surface area contributed by atoms with Crippen molar-refractivity contribution < 1.29 is 14.0 Å². The number of urea groups is 1. The van der Waals surface area contributed by atoms with Crippen LogP contribution in [-0.4, -0.2) is 49.4 Å². The van der Waals surface area contributed by atoms with Crippen molar-refractivity contribution in [2.75, 3.05) is 43.0 Å². The van der Waals surface area contributed by atoms with Gasteiger partial charge in [0.2, 0.25) is 0 Å². The number of likely N-dealkylation sites (tertiary alicyclic amines) is 1. The van der Waals surface area contributed by atoms with Gasteiger partial charge in [0.1, 0.15) is 12.4 Å². The summed E-state index contributed by atoms with van der Waals surface area (Å²) in [5, 5.41) is 16.2. The summed E-state index contributed by atoms with van der Waals surface area (Å²) >= 11 is 5.91. The van der Waals surface area contributed by atoms with Crippen LogP contribution in [0.2, 0.25) is 5.02 Å². The molecule has 0 saturated carbocycles. The van der Waals surface area contributed by atoms with Gasteiger partial charge < -0.3 is 15.1 Å². The SMILES string of the molecule is CCON=C1CCN(CCN(C(=O)Nc2ccc(F)c(Cl)c2)c2ccc(-c3cccc(C#N)c3)cc2)CC1. The highest BCUT2D eigenvalue weighted by molar-refractivity contribution is 6.31. The normalized spacial score (nSPS) is 13.5. The van der Waals surface area contributed by atoms with E-state index in [4.69, 9.17) is 16.4 Å². The molecule has 0 radical (unpaired) electrons. The molecule has 7 nitrogen and oxygen atoms in total. The fourth-order valence-electron chi connectivity index (χ4n) is 4.24. The minimum Gasteiger partial charge on any atom is -0.396 e. The van der Waals surface area contributed by atoms with Gasteiger partial charge in [0.25, 0.3) is 0 Å². The lowest BCUT2D eigenvalue weighted by Gasteiger charge is -2.30. The minimum absolute atomic E-state index is 0.0591. The number of nitriles is 1. The second-order valence-electron chi connectivity index (χ2n) is 8.87. The lowest BCUT2D eigenvalue weighted by molar-refractivity contribution is 0.154. The third kappa shape index (κ3) is 7.09. The van der Waals surface area contributed by atoms with E-state index in [0.717, 1.165) is 42.8 Å². The van der Waals surface area contributed by atoms with Crippen LogP contribution in [0, 0.1) is 17.1 Å². The van der Waals surface area contributed by atoms with Crippen molar-refractivity contribution in [1.82, 2.24) is 4.90 Å². The summed E-state index contributed by atoms with van der Waals surface area (Å²) in [5.74, 6) is -0.546. The third-order valence-electron chi connectivity index (χ3n) is 6.32. The largest absolute Gasteiger partial charge is 0.396 e. The van der Waals surface area contributed by atoms with Gasteiger partial charge in [-0.1, -0.05) is 41.0 Å². The average Bonchev–Trinajstić information content (AvgIpc) is 2.95. The van der Waals surface area contributed by atoms with Gasteiger partial charge in [-0.25, -0.2) is 9.18 Å². The predicted octanol–water partition coefficient (Wildman–Crippen LogP) is 6.54. The van der Waals surface area contributed by atoms with E-state index < -0.39 is 5.82 Å². The molecule has 0 spiro atoms. The Hall–Kier alpha value is -3.93. The second-order valence-corrected chi connectivity index (χ2v) is 9.27. The Labute approximate surface area is 227 Å². The number of nitrogens with zero attached hydrogens (tertiary/aromatic N) is 4. The van der Waals surface area contributed by atoms with E-state index in [0.29, 0.717) is 36.6 Å². The van der Waals surface area contributed by atoms with Crippen molar-refractivity contribution in [3.63, 3.8) is 0 Å². The van der Waals surface area contributed by atoms with Crippen LogP contribution in [-0.2, 0) is 4.84 Å². The number of halogens is 2. The highest BCUT2D eigenvalue weighted by atomic mass is 35.5. The molecule has 2 amide bonds. The van der Waals surface area contributed by atoms with E-state index in [2.05, 4.69) is 21.4 Å². The first kappa shape index (κ1) is 27.1. The zero-order chi connectivity index (χ0) is 26.9. The van der Waals surface area contributed by atoms with Crippen molar-refractivity contribution in [3.05, 3.63) is 83.1 Å². The van der Waals surface area contributed by atoms with Crippen LogP contribution in [0.3, 0.4) is 0 Å². The Bertz CT molecular complexity index is 1330. The number of anilines is 2. The number of hydrogen-bond acceptors (Lipinski definition) is 5. The van der Waals surface area contributed by atoms with Gasteiger partial charge in [-0.3, -0.25) is 4.90 Å². The standard InChI is InChI=1S/C29H29ClFN5O2/c1-2-38-34-24-12-14-35(15-13-24)16-17-36(29(37)33-25-8-11-28(31)27(30)19-25)26-9-6-22(7-10-26)23-5-3-4-21(18-23)20-32/h3-11,18-19H,2,12-17H2,1H3,(H,33,37). The molecule has 0 atom stereocenters. The molecular formula is C29H29ClFN5O2. The fourth-order valence-corrected chi connectivity index (χ4v) is 4.42. The van der Waals surface area contributed by atoms with Crippen LogP contribution in [0.1, 0.15) is 25.3 Å². The van der Waals surface area contributed by atoms with Gasteiger partial charge in [-0.2, -0.15) is 5.26 Å². The molecule has 1 aliphatic rings. The zero-order valence-corrected chi connectivity index (χ0v) is 21.9. The number of rotatable bonds is 8. The van der Waals surface area contributed by atoms with Gasteiger partial charge in [0, 0.05) is 50.4 Å². The van der Waals surface area contributed by atoms with Crippen LogP contribution in [0.25, 0.3) is 11.1 Å². The van der Waals surface area contributed by atoms with Gasteiger partial charge in [-0.15, -0.1) is 0 Å². The Morgan fingerprint density at radius 3 is 2.58 bits per heavy atom. The molecule has 4 rings (SSSR count). The first-order valence-electron chi connectivity index (χ1n) is 12.5. The molecule has 1 N–H and O–H groups in total. The summed E-state index contributed by atoms with van der Waals surface area (Å²) < 4.78 is 13.6. The summed E-state index contributed by atoms with van der Waals surface area (Å²) in [6, 6.07) is 20.9. The molecule has 1 heterocycles. The molecule has 9 heteroatoms. The second kappa shape index (κ2) is 13.0. The molecule has 3 aromatic carbocycles. The molecule has 1 fully saturated rings. The van der Waals surface area contributed by atoms with E-state index in [-0.39, 0.29) is 11.1 Å². The highest BCUT2D eigenvalue weighted by Crippen LogP contribution is 2.26. The number of carbonyl (C=O) groups is 1. The first-order chi connectivity index (χ1) is 18.5. The molecule has 196 valence electrons. The van der Waals surface area contributed by atoms with Crippen molar-refractivity contribution in [2.45, 2.75) is 19.8 Å². The van der Waals surface area contributed by atoms with Crippen LogP contribution in [0.15, 0.2) is 71.9 Å².